The predicted molar refractivity (Wildman–Crippen MR) is 65.6 cm³/mol. The van der Waals surface area contributed by atoms with E-state index >= 15 is 0 Å². The van der Waals surface area contributed by atoms with Crippen molar-refractivity contribution in [2.24, 2.45) is 5.92 Å². The lowest BCUT2D eigenvalue weighted by atomic mass is 10.2. The van der Waals surface area contributed by atoms with E-state index in [1.54, 1.807) is 6.20 Å². The second-order valence-corrected chi connectivity index (χ2v) is 4.35. The van der Waals surface area contributed by atoms with Gasteiger partial charge in [-0.2, -0.15) is 0 Å². The molecular weight excluding hydrogens is 218 g/mol. The van der Waals surface area contributed by atoms with E-state index in [4.69, 9.17) is 4.74 Å². The van der Waals surface area contributed by atoms with Crippen LogP contribution in [0.4, 0.5) is 0 Å². The van der Waals surface area contributed by atoms with Crippen LogP contribution in [0.25, 0.3) is 0 Å². The molecule has 5 heteroatoms. The Morgan fingerprint density at radius 1 is 1.65 bits per heavy atom. The number of esters is 1. The van der Waals surface area contributed by atoms with Gasteiger partial charge in [0.15, 0.2) is 0 Å². The number of nitrogens with zero attached hydrogens (tertiary/aromatic N) is 3. The molecule has 0 bridgehead atoms. The maximum Gasteiger partial charge on any atom is 0.309 e. The first-order valence-corrected chi connectivity index (χ1v) is 5.78. The summed E-state index contributed by atoms with van der Waals surface area (Å²) in [6, 6.07) is 0. The van der Waals surface area contributed by atoms with Crippen LogP contribution in [0.5, 0.6) is 0 Å². The minimum atomic E-state index is -0.157. The highest BCUT2D eigenvalue weighted by Gasteiger charge is 2.15. The van der Waals surface area contributed by atoms with Gasteiger partial charge in [-0.3, -0.25) is 4.79 Å². The molecule has 0 N–H and O–H groups in total. The SMILES string of the molecule is COC(=O)C(C)CN(C)CCn1ccnc1C. The van der Waals surface area contributed by atoms with Crippen LogP contribution in [0, 0.1) is 12.8 Å². The largest absolute Gasteiger partial charge is 0.469 e. The third-order valence-electron chi connectivity index (χ3n) is 2.84. The zero-order valence-corrected chi connectivity index (χ0v) is 11.0. The number of aryl methyl sites for hydroxylation is 1. The van der Waals surface area contributed by atoms with Crippen LogP contribution in [-0.2, 0) is 16.1 Å². The average molecular weight is 239 g/mol. The number of aromatic nitrogens is 2. The molecule has 0 amide bonds. The Kier molecular flexibility index (Phi) is 5.15. The van der Waals surface area contributed by atoms with E-state index < -0.39 is 0 Å². The third-order valence-corrected chi connectivity index (χ3v) is 2.84. The monoisotopic (exact) mass is 239 g/mol. The summed E-state index contributed by atoms with van der Waals surface area (Å²) < 4.78 is 6.80. The number of hydrogen-bond donors (Lipinski definition) is 0. The van der Waals surface area contributed by atoms with Gasteiger partial charge in [0.05, 0.1) is 13.0 Å². The highest BCUT2D eigenvalue weighted by Crippen LogP contribution is 2.02. The first-order valence-electron chi connectivity index (χ1n) is 5.78. The first kappa shape index (κ1) is 13.7. The Morgan fingerprint density at radius 2 is 2.35 bits per heavy atom. The number of hydrogen-bond acceptors (Lipinski definition) is 4. The number of ether oxygens (including phenoxy) is 1. The van der Waals surface area contributed by atoms with Crippen LogP contribution < -0.4 is 0 Å². The summed E-state index contributed by atoms with van der Waals surface area (Å²) in [5.41, 5.74) is 0. The van der Waals surface area contributed by atoms with Crippen molar-refractivity contribution in [1.82, 2.24) is 14.5 Å². The van der Waals surface area contributed by atoms with Crippen LogP contribution in [0.15, 0.2) is 12.4 Å². The number of carbonyl (C=O) groups is 1. The minimum absolute atomic E-state index is 0.0890. The van der Waals surface area contributed by atoms with Crippen LogP contribution in [0.2, 0.25) is 0 Å². The van der Waals surface area contributed by atoms with Crippen molar-refractivity contribution < 1.29 is 9.53 Å². The van der Waals surface area contributed by atoms with Crippen molar-refractivity contribution in [2.45, 2.75) is 20.4 Å². The molecule has 0 aliphatic rings. The van der Waals surface area contributed by atoms with Crippen LogP contribution in [0.1, 0.15) is 12.7 Å². The lowest BCUT2D eigenvalue weighted by Crippen LogP contribution is -2.31. The maximum atomic E-state index is 11.3. The Labute approximate surface area is 102 Å². The molecule has 1 rings (SSSR count). The minimum Gasteiger partial charge on any atom is -0.469 e. The molecule has 1 unspecified atom stereocenters. The summed E-state index contributed by atoms with van der Waals surface area (Å²) in [6.07, 6.45) is 3.76. The second-order valence-electron chi connectivity index (χ2n) is 4.35. The van der Waals surface area contributed by atoms with Gasteiger partial charge in [-0.15, -0.1) is 0 Å². The quantitative estimate of drug-likeness (QED) is 0.693. The van der Waals surface area contributed by atoms with E-state index in [2.05, 4.69) is 14.5 Å². The number of imidazole rings is 1. The lowest BCUT2D eigenvalue weighted by Gasteiger charge is -2.20. The predicted octanol–water partition coefficient (Wildman–Crippen LogP) is 0.932. The zero-order chi connectivity index (χ0) is 12.8. The maximum absolute atomic E-state index is 11.3. The van der Waals surface area contributed by atoms with E-state index in [1.165, 1.54) is 7.11 Å². The van der Waals surface area contributed by atoms with Gasteiger partial charge in [0.1, 0.15) is 5.82 Å². The molecule has 5 nitrogen and oxygen atoms in total. The van der Waals surface area contributed by atoms with Gasteiger partial charge >= 0.3 is 5.97 Å². The second kappa shape index (κ2) is 6.39. The molecule has 0 fully saturated rings. The molecule has 1 aromatic rings. The molecule has 0 radical (unpaired) electrons. The normalized spacial score (nSPS) is 12.8. The van der Waals surface area contributed by atoms with Gasteiger partial charge in [-0.05, 0) is 14.0 Å². The molecule has 17 heavy (non-hydrogen) atoms. The molecule has 1 heterocycles. The molecule has 0 aromatic carbocycles. The average Bonchev–Trinajstić information content (AvgIpc) is 2.71. The Balaban J connectivity index is 2.33. The highest BCUT2D eigenvalue weighted by molar-refractivity contribution is 5.71. The van der Waals surface area contributed by atoms with Crippen molar-refractivity contribution in [1.29, 1.82) is 0 Å². The van der Waals surface area contributed by atoms with Crippen LogP contribution in [0.3, 0.4) is 0 Å². The summed E-state index contributed by atoms with van der Waals surface area (Å²) in [5, 5.41) is 0. The molecule has 0 saturated carbocycles. The molecule has 0 saturated heterocycles. The molecule has 0 aliphatic heterocycles. The van der Waals surface area contributed by atoms with Crippen molar-refractivity contribution in [3.05, 3.63) is 18.2 Å². The topological polar surface area (TPSA) is 47.4 Å². The standard InChI is InChI=1S/C12H21N3O2/c1-10(12(16)17-4)9-14(3)7-8-15-6-5-13-11(15)2/h5-6,10H,7-9H2,1-4H3. The Hall–Kier alpha value is -1.36. The van der Waals surface area contributed by atoms with Crippen LogP contribution >= 0.6 is 0 Å². The molecule has 96 valence electrons. The van der Waals surface area contributed by atoms with E-state index in [0.717, 1.165) is 18.9 Å². The van der Waals surface area contributed by atoms with Gasteiger partial charge in [0, 0.05) is 32.0 Å². The fourth-order valence-corrected chi connectivity index (χ4v) is 1.75. The third kappa shape index (κ3) is 4.19. The fourth-order valence-electron chi connectivity index (χ4n) is 1.75. The van der Waals surface area contributed by atoms with Crippen molar-refractivity contribution in [2.75, 3.05) is 27.2 Å². The Morgan fingerprint density at radius 3 is 2.88 bits per heavy atom. The van der Waals surface area contributed by atoms with Gasteiger partial charge in [-0.25, -0.2) is 4.98 Å². The van der Waals surface area contributed by atoms with Crippen LogP contribution in [-0.4, -0.2) is 47.7 Å². The van der Waals surface area contributed by atoms with E-state index in [-0.39, 0.29) is 11.9 Å². The smallest absolute Gasteiger partial charge is 0.309 e. The van der Waals surface area contributed by atoms with Gasteiger partial charge in [0.2, 0.25) is 0 Å². The first-order chi connectivity index (χ1) is 8.04. The summed E-state index contributed by atoms with van der Waals surface area (Å²) in [5.74, 6) is 0.768. The van der Waals surface area contributed by atoms with Crippen molar-refractivity contribution in [3.63, 3.8) is 0 Å². The number of likely N-dealkylation sites (N-methyl/N-ethyl adjacent to an activating group) is 1. The molecule has 0 spiro atoms. The molecule has 1 atom stereocenters. The number of carbonyl (C=O) groups excluding carboxylic acids is 1. The van der Waals surface area contributed by atoms with Gasteiger partial charge < -0.3 is 14.2 Å². The van der Waals surface area contributed by atoms with Gasteiger partial charge in [-0.1, -0.05) is 6.92 Å². The molecule has 0 aliphatic carbocycles. The number of rotatable bonds is 6. The fraction of sp³-hybridized carbons (Fsp3) is 0.667. The van der Waals surface area contributed by atoms with E-state index in [1.807, 2.05) is 27.1 Å². The Bertz CT molecular complexity index is 362. The zero-order valence-electron chi connectivity index (χ0n) is 11.0. The summed E-state index contributed by atoms with van der Waals surface area (Å²) >= 11 is 0. The summed E-state index contributed by atoms with van der Waals surface area (Å²) in [4.78, 5) is 17.6. The highest BCUT2D eigenvalue weighted by atomic mass is 16.5. The molecule has 1 aromatic heterocycles. The van der Waals surface area contributed by atoms with Gasteiger partial charge in [0.25, 0.3) is 0 Å². The number of methoxy groups -OCH3 is 1. The van der Waals surface area contributed by atoms with Crippen molar-refractivity contribution >= 4 is 5.97 Å². The molecular formula is C12H21N3O2. The van der Waals surface area contributed by atoms with E-state index in [9.17, 15) is 4.79 Å². The lowest BCUT2D eigenvalue weighted by molar-refractivity contribution is -0.145. The summed E-state index contributed by atoms with van der Waals surface area (Å²) in [6.45, 7) is 6.34. The van der Waals surface area contributed by atoms with E-state index in [0.29, 0.717) is 6.54 Å². The summed E-state index contributed by atoms with van der Waals surface area (Å²) in [7, 11) is 3.43. The van der Waals surface area contributed by atoms with Crippen molar-refractivity contribution in [3.8, 4) is 0 Å².